The van der Waals surface area contributed by atoms with Gasteiger partial charge in [-0.05, 0) is 37.3 Å². The van der Waals surface area contributed by atoms with E-state index in [1.165, 1.54) is 0 Å². The zero-order valence-corrected chi connectivity index (χ0v) is 13.2. The molecule has 0 fully saturated rings. The van der Waals surface area contributed by atoms with E-state index < -0.39 is 5.97 Å². The maximum absolute atomic E-state index is 12.4. The second-order valence-electron chi connectivity index (χ2n) is 5.14. The Morgan fingerprint density at radius 2 is 1.88 bits per heavy atom. The van der Waals surface area contributed by atoms with E-state index in [1.807, 2.05) is 30.3 Å². The normalized spacial score (nSPS) is 10.4. The molecule has 1 amide bonds. The van der Waals surface area contributed by atoms with E-state index >= 15 is 0 Å². The van der Waals surface area contributed by atoms with Gasteiger partial charge in [0.25, 0.3) is 5.91 Å². The molecule has 1 N–H and O–H groups in total. The van der Waals surface area contributed by atoms with Crippen LogP contribution in [0.5, 0.6) is 0 Å². The van der Waals surface area contributed by atoms with Crippen molar-refractivity contribution in [3.63, 3.8) is 0 Å². The Kier molecular flexibility index (Phi) is 4.52. The number of esters is 1. The van der Waals surface area contributed by atoms with Crippen LogP contribution in [0.2, 0.25) is 0 Å². The second-order valence-corrected chi connectivity index (χ2v) is 5.14. The molecule has 0 radical (unpaired) electrons. The molecule has 0 atom stereocenters. The standard InChI is InChI=1S/C19H16N2O3/c1-2-24-19(23)14-7-5-8-15(12-14)20-18(22)17-11-10-13-6-3-4-9-16(13)21-17/h3-12H,2H2,1H3,(H,20,22). The highest BCUT2D eigenvalue weighted by molar-refractivity contribution is 6.04. The van der Waals surface area contributed by atoms with Gasteiger partial charge in [-0.3, -0.25) is 4.79 Å². The van der Waals surface area contributed by atoms with Gasteiger partial charge in [0.15, 0.2) is 0 Å². The number of hydrogen-bond acceptors (Lipinski definition) is 4. The Labute approximate surface area is 139 Å². The molecule has 3 aromatic rings. The first kappa shape index (κ1) is 15.7. The highest BCUT2D eigenvalue weighted by atomic mass is 16.5. The van der Waals surface area contributed by atoms with Gasteiger partial charge in [-0.25, -0.2) is 9.78 Å². The lowest BCUT2D eigenvalue weighted by Gasteiger charge is -2.07. The molecule has 5 heteroatoms. The van der Waals surface area contributed by atoms with Gasteiger partial charge in [-0.15, -0.1) is 0 Å². The average molecular weight is 320 g/mol. The van der Waals surface area contributed by atoms with Gasteiger partial charge in [-0.2, -0.15) is 0 Å². The molecule has 1 heterocycles. The van der Waals surface area contributed by atoms with Crippen LogP contribution in [0.25, 0.3) is 10.9 Å². The topological polar surface area (TPSA) is 68.3 Å². The molecule has 0 aliphatic rings. The smallest absolute Gasteiger partial charge is 0.338 e. The van der Waals surface area contributed by atoms with Crippen molar-refractivity contribution in [2.75, 3.05) is 11.9 Å². The molecule has 0 aliphatic heterocycles. The highest BCUT2D eigenvalue weighted by Crippen LogP contribution is 2.15. The third kappa shape index (κ3) is 3.41. The first-order valence-electron chi connectivity index (χ1n) is 7.61. The number of amides is 1. The Morgan fingerprint density at radius 3 is 2.71 bits per heavy atom. The van der Waals surface area contributed by atoms with Crippen LogP contribution in [0.15, 0.2) is 60.7 Å². The molecule has 3 rings (SSSR count). The van der Waals surface area contributed by atoms with Gasteiger partial charge in [0.2, 0.25) is 0 Å². The van der Waals surface area contributed by atoms with Gasteiger partial charge >= 0.3 is 5.97 Å². The summed E-state index contributed by atoms with van der Waals surface area (Å²) in [5.41, 5.74) is 1.97. The molecule has 1 aromatic heterocycles. The van der Waals surface area contributed by atoms with Crippen molar-refractivity contribution < 1.29 is 14.3 Å². The third-order valence-corrected chi connectivity index (χ3v) is 3.46. The Balaban J connectivity index is 1.80. The number of rotatable bonds is 4. The van der Waals surface area contributed by atoms with Crippen molar-refractivity contribution in [3.8, 4) is 0 Å². The summed E-state index contributed by atoms with van der Waals surface area (Å²) in [4.78, 5) is 28.5. The van der Waals surface area contributed by atoms with E-state index in [1.54, 1.807) is 37.3 Å². The molecular weight excluding hydrogens is 304 g/mol. The summed E-state index contributed by atoms with van der Waals surface area (Å²) in [7, 11) is 0. The van der Waals surface area contributed by atoms with E-state index in [2.05, 4.69) is 10.3 Å². The third-order valence-electron chi connectivity index (χ3n) is 3.46. The fourth-order valence-corrected chi connectivity index (χ4v) is 2.33. The number of hydrogen-bond donors (Lipinski definition) is 1. The van der Waals surface area contributed by atoms with Crippen LogP contribution in [0, 0.1) is 0 Å². The minimum Gasteiger partial charge on any atom is -0.462 e. The monoisotopic (exact) mass is 320 g/mol. The maximum atomic E-state index is 12.4. The second kappa shape index (κ2) is 6.91. The summed E-state index contributed by atoms with van der Waals surface area (Å²) in [6.07, 6.45) is 0. The molecule has 120 valence electrons. The van der Waals surface area contributed by atoms with Crippen molar-refractivity contribution in [3.05, 3.63) is 71.9 Å². The fourth-order valence-electron chi connectivity index (χ4n) is 2.33. The van der Waals surface area contributed by atoms with Crippen LogP contribution in [0.3, 0.4) is 0 Å². The van der Waals surface area contributed by atoms with E-state index in [0.717, 1.165) is 10.9 Å². The van der Waals surface area contributed by atoms with E-state index in [9.17, 15) is 9.59 Å². The van der Waals surface area contributed by atoms with Crippen LogP contribution in [0.4, 0.5) is 5.69 Å². The van der Waals surface area contributed by atoms with Crippen molar-refractivity contribution >= 4 is 28.5 Å². The molecule has 0 aliphatic carbocycles. The molecule has 0 spiro atoms. The number of para-hydroxylation sites is 1. The number of benzene rings is 2. The first-order chi connectivity index (χ1) is 11.7. The molecule has 0 saturated heterocycles. The lowest BCUT2D eigenvalue weighted by Crippen LogP contribution is -2.14. The molecule has 5 nitrogen and oxygen atoms in total. The van der Waals surface area contributed by atoms with Crippen LogP contribution >= 0.6 is 0 Å². The van der Waals surface area contributed by atoms with Gasteiger partial charge in [0.05, 0.1) is 17.7 Å². The predicted molar refractivity (Wildman–Crippen MR) is 92.1 cm³/mol. The Bertz CT molecular complexity index is 906. The summed E-state index contributed by atoms with van der Waals surface area (Å²) >= 11 is 0. The van der Waals surface area contributed by atoms with Gasteiger partial charge in [0, 0.05) is 11.1 Å². The number of ether oxygens (including phenoxy) is 1. The molecular formula is C19H16N2O3. The van der Waals surface area contributed by atoms with Gasteiger partial charge in [0.1, 0.15) is 5.69 Å². The van der Waals surface area contributed by atoms with Crippen molar-refractivity contribution in [2.24, 2.45) is 0 Å². The van der Waals surface area contributed by atoms with E-state index in [4.69, 9.17) is 4.74 Å². The van der Waals surface area contributed by atoms with Crippen LogP contribution in [-0.2, 0) is 4.74 Å². The fraction of sp³-hybridized carbons (Fsp3) is 0.105. The largest absolute Gasteiger partial charge is 0.462 e. The number of nitrogens with zero attached hydrogens (tertiary/aromatic N) is 1. The van der Waals surface area contributed by atoms with E-state index in [0.29, 0.717) is 23.6 Å². The van der Waals surface area contributed by atoms with Crippen molar-refractivity contribution in [1.29, 1.82) is 0 Å². The molecule has 2 aromatic carbocycles. The van der Waals surface area contributed by atoms with Crippen LogP contribution in [-0.4, -0.2) is 23.5 Å². The Hall–Kier alpha value is -3.21. The first-order valence-corrected chi connectivity index (χ1v) is 7.61. The number of carbonyl (C=O) groups excluding carboxylic acids is 2. The lowest BCUT2D eigenvalue weighted by atomic mass is 10.2. The number of aromatic nitrogens is 1. The maximum Gasteiger partial charge on any atom is 0.338 e. The van der Waals surface area contributed by atoms with E-state index in [-0.39, 0.29) is 5.91 Å². The number of pyridine rings is 1. The summed E-state index contributed by atoms with van der Waals surface area (Å²) in [5.74, 6) is -0.751. The summed E-state index contributed by atoms with van der Waals surface area (Å²) < 4.78 is 4.96. The quantitative estimate of drug-likeness (QED) is 0.745. The number of anilines is 1. The highest BCUT2D eigenvalue weighted by Gasteiger charge is 2.11. The lowest BCUT2D eigenvalue weighted by molar-refractivity contribution is 0.0526. The molecule has 0 bridgehead atoms. The summed E-state index contributed by atoms with van der Waals surface area (Å²) in [5, 5.41) is 3.72. The summed E-state index contributed by atoms with van der Waals surface area (Å²) in [6, 6.07) is 17.7. The Morgan fingerprint density at radius 1 is 1.04 bits per heavy atom. The van der Waals surface area contributed by atoms with Gasteiger partial charge in [-0.1, -0.05) is 30.3 Å². The SMILES string of the molecule is CCOC(=O)c1cccc(NC(=O)c2ccc3ccccc3n2)c1. The molecule has 24 heavy (non-hydrogen) atoms. The summed E-state index contributed by atoms with van der Waals surface area (Å²) in [6.45, 7) is 2.05. The minimum absolute atomic E-state index is 0.302. The number of nitrogens with one attached hydrogen (secondary N) is 1. The van der Waals surface area contributed by atoms with Crippen LogP contribution < -0.4 is 5.32 Å². The van der Waals surface area contributed by atoms with Crippen LogP contribution in [0.1, 0.15) is 27.8 Å². The zero-order chi connectivity index (χ0) is 16.9. The predicted octanol–water partition coefficient (Wildman–Crippen LogP) is 3.66. The van der Waals surface area contributed by atoms with Crippen molar-refractivity contribution in [2.45, 2.75) is 6.92 Å². The zero-order valence-electron chi connectivity index (χ0n) is 13.2. The van der Waals surface area contributed by atoms with Crippen molar-refractivity contribution in [1.82, 2.24) is 4.98 Å². The molecule has 0 saturated carbocycles. The van der Waals surface area contributed by atoms with Gasteiger partial charge < -0.3 is 10.1 Å². The average Bonchev–Trinajstić information content (AvgIpc) is 2.61. The number of carbonyl (C=O) groups is 2. The number of fused-ring (bicyclic) bond motifs is 1. The minimum atomic E-state index is -0.419. The molecule has 0 unspecified atom stereocenters.